The first-order valence-electron chi connectivity index (χ1n) is 4.56. The molecule has 0 bridgehead atoms. The molecule has 0 aliphatic carbocycles. The molecule has 90 valence electrons. The van der Waals surface area contributed by atoms with E-state index in [2.05, 4.69) is 0 Å². The first kappa shape index (κ1) is 11.5. The molecule has 7 nitrogen and oxygen atoms in total. The zero-order valence-electron chi connectivity index (χ0n) is 8.35. The van der Waals surface area contributed by atoms with Gasteiger partial charge in [0.2, 0.25) is 5.88 Å². The van der Waals surface area contributed by atoms with E-state index in [1.165, 1.54) is 11.8 Å². The van der Waals surface area contributed by atoms with Crippen LogP contribution in [0.25, 0.3) is 0 Å². The Balaban J connectivity index is 2.38. The maximum atomic E-state index is 11.0. The Morgan fingerprint density at radius 3 is 2.59 bits per heavy atom. The van der Waals surface area contributed by atoms with Crippen molar-refractivity contribution in [1.82, 2.24) is 0 Å². The highest BCUT2D eigenvalue weighted by Crippen LogP contribution is 2.40. The molecule has 0 aromatic carbocycles. The molecule has 1 aliphatic heterocycles. The van der Waals surface area contributed by atoms with Gasteiger partial charge in [-0.2, -0.15) is 0 Å². The highest BCUT2D eigenvalue weighted by molar-refractivity contribution is 7.99. The van der Waals surface area contributed by atoms with E-state index in [1.807, 2.05) is 5.32 Å². The number of carbonyl (C=O) groups is 3. The van der Waals surface area contributed by atoms with Gasteiger partial charge in [-0.05, 0) is 6.42 Å². The highest BCUT2D eigenvalue weighted by atomic mass is 32.2. The number of carbonyl (C=O) groups excluding carboxylic acids is 1. The third kappa shape index (κ3) is 1.98. The lowest BCUT2D eigenvalue weighted by Gasteiger charge is -2.00. The zero-order chi connectivity index (χ0) is 12.6. The number of carboxylic acids is 2. The van der Waals surface area contributed by atoms with Crippen LogP contribution < -0.4 is 5.32 Å². The summed E-state index contributed by atoms with van der Waals surface area (Å²) in [5.74, 6) is -3.89. The first-order chi connectivity index (χ1) is 8.00. The molecule has 0 fully saturated rings. The average Bonchev–Trinajstić information content (AvgIpc) is 2.75. The zero-order valence-corrected chi connectivity index (χ0v) is 9.17. The molecule has 0 atom stereocenters. The lowest BCUT2D eigenvalue weighted by atomic mass is 10.1. The summed E-state index contributed by atoms with van der Waals surface area (Å²) in [6, 6.07) is 0. The summed E-state index contributed by atoms with van der Waals surface area (Å²) in [6.07, 6.45) is 0.522. The number of hydrogen-bond donors (Lipinski definition) is 3. The molecular formula is C9H7NO6S. The summed E-state index contributed by atoms with van der Waals surface area (Å²) >= 11 is 1.33. The average molecular weight is 257 g/mol. The second-order valence-corrected chi connectivity index (χ2v) is 4.30. The number of rotatable bonds is 2. The SMILES string of the molecule is O=C(O)C(=O)Nc1oc2c(c1C(=O)O)CCS2. The van der Waals surface area contributed by atoms with Crippen molar-refractivity contribution in [2.24, 2.45) is 0 Å². The van der Waals surface area contributed by atoms with Crippen molar-refractivity contribution in [3.63, 3.8) is 0 Å². The largest absolute Gasteiger partial charge is 0.477 e. The number of aliphatic carboxylic acids is 1. The molecule has 2 heterocycles. The van der Waals surface area contributed by atoms with Gasteiger partial charge < -0.3 is 14.6 Å². The Morgan fingerprint density at radius 2 is 2.00 bits per heavy atom. The van der Waals surface area contributed by atoms with Gasteiger partial charge in [0.25, 0.3) is 0 Å². The minimum absolute atomic E-state index is 0.167. The van der Waals surface area contributed by atoms with Crippen molar-refractivity contribution < 1.29 is 29.0 Å². The molecule has 0 unspecified atom stereocenters. The fourth-order valence-corrected chi connectivity index (χ4v) is 2.52. The standard InChI is InChI=1S/C9H7NO6S/c11-5(8(14)15)10-6-4(7(12)13)3-1-2-17-9(3)16-6/h1-2H2,(H,10,11)(H,12,13)(H,14,15). The molecule has 0 saturated heterocycles. The number of hydrogen-bond acceptors (Lipinski definition) is 5. The summed E-state index contributed by atoms with van der Waals surface area (Å²) in [4.78, 5) is 32.3. The van der Waals surface area contributed by atoms with Crippen LogP contribution in [0, 0.1) is 0 Å². The monoisotopic (exact) mass is 257 g/mol. The van der Waals surface area contributed by atoms with Crippen molar-refractivity contribution >= 4 is 35.5 Å². The first-order valence-corrected chi connectivity index (χ1v) is 5.55. The Kier molecular flexibility index (Phi) is 2.80. The van der Waals surface area contributed by atoms with Crippen LogP contribution in [0.15, 0.2) is 9.51 Å². The van der Waals surface area contributed by atoms with Gasteiger partial charge in [-0.15, -0.1) is 0 Å². The number of amides is 1. The topological polar surface area (TPSA) is 117 Å². The quantitative estimate of drug-likeness (QED) is 0.666. The van der Waals surface area contributed by atoms with E-state index in [-0.39, 0.29) is 11.4 Å². The summed E-state index contributed by atoms with van der Waals surface area (Å²) in [7, 11) is 0. The molecule has 1 amide bonds. The van der Waals surface area contributed by atoms with Gasteiger partial charge in [0.05, 0.1) is 0 Å². The Hall–Kier alpha value is -1.96. The van der Waals surface area contributed by atoms with Gasteiger partial charge >= 0.3 is 17.8 Å². The molecule has 0 radical (unpaired) electrons. The normalized spacial score (nSPS) is 13.2. The molecule has 1 aliphatic rings. The second kappa shape index (κ2) is 4.13. The van der Waals surface area contributed by atoms with Crippen LogP contribution in [0.5, 0.6) is 0 Å². The van der Waals surface area contributed by atoms with Crippen molar-refractivity contribution in [1.29, 1.82) is 0 Å². The van der Waals surface area contributed by atoms with Gasteiger partial charge in [-0.25, -0.2) is 9.59 Å². The lowest BCUT2D eigenvalue weighted by molar-refractivity contribution is -0.147. The predicted molar refractivity (Wildman–Crippen MR) is 56.4 cm³/mol. The number of aromatic carboxylic acids is 1. The van der Waals surface area contributed by atoms with E-state index in [0.717, 1.165) is 0 Å². The van der Waals surface area contributed by atoms with Gasteiger partial charge in [0, 0.05) is 11.3 Å². The maximum Gasteiger partial charge on any atom is 0.394 e. The predicted octanol–water partition coefficient (Wildman–Crippen LogP) is 0.649. The Labute approximate surface area is 98.8 Å². The summed E-state index contributed by atoms with van der Waals surface area (Å²) in [6.45, 7) is 0. The van der Waals surface area contributed by atoms with Gasteiger partial charge in [0.15, 0.2) is 5.09 Å². The third-order valence-corrected chi connectivity index (χ3v) is 3.19. The number of thioether (sulfide) groups is 1. The minimum atomic E-state index is -1.70. The van der Waals surface area contributed by atoms with E-state index >= 15 is 0 Å². The van der Waals surface area contributed by atoms with Gasteiger partial charge in [-0.3, -0.25) is 10.1 Å². The third-order valence-electron chi connectivity index (χ3n) is 2.19. The summed E-state index contributed by atoms with van der Waals surface area (Å²) in [5.41, 5.74) is 0.336. The van der Waals surface area contributed by atoms with Gasteiger partial charge in [-0.1, -0.05) is 11.8 Å². The fraction of sp³-hybridized carbons (Fsp3) is 0.222. The number of fused-ring (bicyclic) bond motifs is 1. The van der Waals surface area contributed by atoms with E-state index in [9.17, 15) is 14.4 Å². The molecule has 17 heavy (non-hydrogen) atoms. The van der Waals surface area contributed by atoms with Gasteiger partial charge in [0.1, 0.15) is 5.56 Å². The van der Waals surface area contributed by atoms with E-state index in [1.54, 1.807) is 0 Å². The van der Waals surface area contributed by atoms with Crippen LogP contribution in [0.3, 0.4) is 0 Å². The van der Waals surface area contributed by atoms with Crippen LogP contribution in [0.2, 0.25) is 0 Å². The van der Waals surface area contributed by atoms with E-state index in [0.29, 0.717) is 22.8 Å². The molecule has 1 aromatic heterocycles. The number of furan rings is 1. The lowest BCUT2D eigenvalue weighted by Crippen LogP contribution is -2.22. The molecule has 1 aromatic rings. The minimum Gasteiger partial charge on any atom is -0.477 e. The van der Waals surface area contributed by atoms with E-state index < -0.39 is 17.8 Å². The Morgan fingerprint density at radius 1 is 1.29 bits per heavy atom. The molecular weight excluding hydrogens is 250 g/mol. The molecule has 0 saturated carbocycles. The smallest absolute Gasteiger partial charge is 0.394 e. The fourth-order valence-electron chi connectivity index (χ4n) is 1.50. The molecule has 0 spiro atoms. The number of carboxylic acid groups (broad SMARTS) is 2. The van der Waals surface area contributed by atoms with Crippen LogP contribution >= 0.6 is 11.8 Å². The van der Waals surface area contributed by atoms with Crippen LogP contribution in [0.4, 0.5) is 5.88 Å². The van der Waals surface area contributed by atoms with Crippen molar-refractivity contribution in [3.05, 3.63) is 11.1 Å². The Bertz CT molecular complexity index is 520. The van der Waals surface area contributed by atoms with Crippen molar-refractivity contribution in [3.8, 4) is 0 Å². The van der Waals surface area contributed by atoms with E-state index in [4.69, 9.17) is 14.6 Å². The maximum absolute atomic E-state index is 11.0. The summed E-state index contributed by atoms with van der Waals surface area (Å²) in [5, 5.41) is 19.8. The highest BCUT2D eigenvalue weighted by Gasteiger charge is 2.30. The number of nitrogens with one attached hydrogen (secondary N) is 1. The van der Waals surface area contributed by atoms with Crippen molar-refractivity contribution in [2.75, 3.05) is 11.1 Å². The van der Waals surface area contributed by atoms with Crippen LogP contribution in [-0.2, 0) is 16.0 Å². The molecule has 3 N–H and O–H groups in total. The van der Waals surface area contributed by atoms with Crippen LogP contribution in [0.1, 0.15) is 15.9 Å². The van der Waals surface area contributed by atoms with Crippen molar-refractivity contribution in [2.45, 2.75) is 11.5 Å². The van der Waals surface area contributed by atoms with Crippen LogP contribution in [-0.4, -0.2) is 33.8 Å². The number of anilines is 1. The second-order valence-electron chi connectivity index (χ2n) is 3.24. The molecule has 8 heteroatoms. The summed E-state index contributed by atoms with van der Waals surface area (Å²) < 4.78 is 5.13. The molecule has 2 rings (SSSR count).